The molecule has 1 heterocycles. The number of aryl methyl sites for hydroxylation is 1. The summed E-state index contributed by atoms with van der Waals surface area (Å²) in [4.78, 5) is 0. The first kappa shape index (κ1) is 13.3. The third-order valence-corrected chi connectivity index (χ3v) is 3.03. The Balaban J connectivity index is 2.55. The van der Waals surface area contributed by atoms with Crippen molar-refractivity contribution in [2.75, 3.05) is 5.73 Å². The summed E-state index contributed by atoms with van der Waals surface area (Å²) in [5.74, 6) is -0.464. The Bertz CT molecular complexity index is 630. The Labute approximate surface area is 110 Å². The molecule has 0 spiro atoms. The summed E-state index contributed by atoms with van der Waals surface area (Å²) in [6.07, 6.45) is 1.17. The number of nitrogen functional groups attached to an aromatic ring is 1. The first-order valence-corrected chi connectivity index (χ1v) is 5.77. The molecule has 1 aromatic heterocycles. The van der Waals surface area contributed by atoms with Crippen LogP contribution in [-0.4, -0.2) is 9.78 Å². The molecule has 19 heavy (non-hydrogen) atoms. The van der Waals surface area contributed by atoms with E-state index in [1.165, 1.54) is 29.8 Å². The fourth-order valence-corrected chi connectivity index (χ4v) is 1.80. The van der Waals surface area contributed by atoms with Crippen molar-refractivity contribution in [1.29, 1.82) is 0 Å². The van der Waals surface area contributed by atoms with Gasteiger partial charge in [-0.25, -0.2) is 8.78 Å². The SMILES string of the molecule is C=CC(C)(F)c1cc(-c2ccc(N)cc2F)n(C)n1. The van der Waals surface area contributed by atoms with Gasteiger partial charge in [0.05, 0.1) is 5.69 Å². The van der Waals surface area contributed by atoms with Gasteiger partial charge in [0.15, 0.2) is 5.67 Å². The first-order valence-electron chi connectivity index (χ1n) is 5.77. The molecule has 0 amide bonds. The van der Waals surface area contributed by atoms with E-state index in [-0.39, 0.29) is 5.69 Å². The summed E-state index contributed by atoms with van der Waals surface area (Å²) in [5, 5.41) is 4.07. The van der Waals surface area contributed by atoms with Gasteiger partial charge >= 0.3 is 0 Å². The van der Waals surface area contributed by atoms with Crippen LogP contribution in [0, 0.1) is 5.82 Å². The van der Waals surface area contributed by atoms with E-state index in [9.17, 15) is 8.78 Å². The van der Waals surface area contributed by atoms with E-state index in [2.05, 4.69) is 11.7 Å². The molecule has 1 aromatic carbocycles. The number of alkyl halides is 1. The first-order chi connectivity index (χ1) is 8.85. The van der Waals surface area contributed by atoms with E-state index < -0.39 is 11.5 Å². The molecule has 0 saturated heterocycles. The van der Waals surface area contributed by atoms with Gasteiger partial charge in [0.2, 0.25) is 0 Å². The van der Waals surface area contributed by atoms with E-state index in [0.717, 1.165) is 0 Å². The fraction of sp³-hybridized carbons (Fsp3) is 0.214. The van der Waals surface area contributed by atoms with Crippen LogP contribution in [0.1, 0.15) is 12.6 Å². The van der Waals surface area contributed by atoms with Gasteiger partial charge in [-0.15, -0.1) is 0 Å². The Kier molecular flexibility index (Phi) is 3.14. The van der Waals surface area contributed by atoms with Crippen LogP contribution in [0.2, 0.25) is 0 Å². The van der Waals surface area contributed by atoms with Gasteiger partial charge < -0.3 is 5.73 Å². The van der Waals surface area contributed by atoms with Crippen molar-refractivity contribution in [2.24, 2.45) is 7.05 Å². The number of halogens is 2. The number of aromatic nitrogens is 2. The third-order valence-electron chi connectivity index (χ3n) is 3.03. The number of hydrogen-bond donors (Lipinski definition) is 1. The number of hydrogen-bond acceptors (Lipinski definition) is 2. The number of nitrogens with two attached hydrogens (primary N) is 1. The van der Waals surface area contributed by atoms with E-state index in [4.69, 9.17) is 5.73 Å². The lowest BCUT2D eigenvalue weighted by molar-refractivity contribution is 0.255. The van der Waals surface area contributed by atoms with E-state index >= 15 is 0 Å². The zero-order chi connectivity index (χ0) is 14.2. The molecule has 0 radical (unpaired) electrons. The van der Waals surface area contributed by atoms with Crippen molar-refractivity contribution >= 4 is 5.69 Å². The second-order valence-electron chi connectivity index (χ2n) is 4.56. The van der Waals surface area contributed by atoms with Crippen LogP contribution in [0.3, 0.4) is 0 Å². The molecule has 2 N–H and O–H groups in total. The van der Waals surface area contributed by atoms with E-state index in [1.54, 1.807) is 19.2 Å². The highest BCUT2D eigenvalue weighted by atomic mass is 19.1. The maximum Gasteiger partial charge on any atom is 0.169 e. The van der Waals surface area contributed by atoms with Crippen LogP contribution in [0.5, 0.6) is 0 Å². The number of anilines is 1. The Morgan fingerprint density at radius 2 is 2.11 bits per heavy atom. The number of benzene rings is 1. The monoisotopic (exact) mass is 263 g/mol. The molecule has 100 valence electrons. The molecule has 0 aliphatic heterocycles. The average molecular weight is 263 g/mol. The summed E-state index contributed by atoms with van der Waals surface area (Å²) < 4.78 is 29.4. The molecule has 2 rings (SSSR count). The fourth-order valence-electron chi connectivity index (χ4n) is 1.80. The molecule has 5 heteroatoms. The smallest absolute Gasteiger partial charge is 0.169 e. The van der Waals surface area contributed by atoms with Gasteiger partial charge in [-0.1, -0.05) is 6.58 Å². The molecule has 0 bridgehead atoms. The summed E-state index contributed by atoms with van der Waals surface area (Å²) in [7, 11) is 1.63. The average Bonchev–Trinajstić information content (AvgIpc) is 2.72. The standard InChI is InChI=1S/C14H15F2N3/c1-4-14(2,16)13-8-12(19(3)18-13)10-6-5-9(17)7-11(10)15/h4-8H,1,17H2,2-3H3. The van der Waals surface area contributed by atoms with Crippen LogP contribution >= 0.6 is 0 Å². The summed E-state index contributed by atoms with van der Waals surface area (Å²) in [6, 6.07) is 5.88. The van der Waals surface area contributed by atoms with Gasteiger partial charge in [0, 0.05) is 18.3 Å². The minimum absolute atomic E-state index is 0.191. The second-order valence-corrected chi connectivity index (χ2v) is 4.56. The van der Waals surface area contributed by atoms with Crippen molar-refractivity contribution < 1.29 is 8.78 Å². The number of rotatable bonds is 3. The van der Waals surface area contributed by atoms with Gasteiger partial charge in [0.1, 0.15) is 11.5 Å². The third kappa shape index (κ3) is 2.36. The van der Waals surface area contributed by atoms with Gasteiger partial charge in [0.25, 0.3) is 0 Å². The molecule has 3 nitrogen and oxygen atoms in total. The lowest BCUT2D eigenvalue weighted by Gasteiger charge is -2.10. The van der Waals surface area contributed by atoms with Crippen LogP contribution in [-0.2, 0) is 12.7 Å². The quantitative estimate of drug-likeness (QED) is 0.682. The van der Waals surface area contributed by atoms with Crippen LogP contribution in [0.15, 0.2) is 36.9 Å². The summed E-state index contributed by atoms with van der Waals surface area (Å²) >= 11 is 0. The van der Waals surface area contributed by atoms with Crippen molar-refractivity contribution in [3.63, 3.8) is 0 Å². The van der Waals surface area contributed by atoms with Gasteiger partial charge in [-0.05, 0) is 37.3 Å². The highest BCUT2D eigenvalue weighted by Crippen LogP contribution is 2.31. The van der Waals surface area contributed by atoms with E-state index in [1.807, 2.05) is 0 Å². The van der Waals surface area contributed by atoms with Crippen LogP contribution < -0.4 is 5.73 Å². The van der Waals surface area contributed by atoms with Crippen molar-refractivity contribution in [2.45, 2.75) is 12.6 Å². The van der Waals surface area contributed by atoms with Crippen molar-refractivity contribution in [3.05, 3.63) is 48.4 Å². The second kappa shape index (κ2) is 4.50. The Hall–Kier alpha value is -2.17. The Morgan fingerprint density at radius 1 is 1.42 bits per heavy atom. The predicted octanol–water partition coefficient (Wildman–Crippen LogP) is 3.18. The maximum atomic E-state index is 14.1. The Morgan fingerprint density at radius 3 is 2.68 bits per heavy atom. The molecular formula is C14H15F2N3. The predicted molar refractivity (Wildman–Crippen MR) is 71.7 cm³/mol. The highest BCUT2D eigenvalue weighted by molar-refractivity contribution is 5.64. The lowest BCUT2D eigenvalue weighted by Crippen LogP contribution is -2.12. The summed E-state index contributed by atoms with van der Waals surface area (Å²) in [5.41, 5.74) is 5.10. The molecule has 2 aromatic rings. The zero-order valence-corrected chi connectivity index (χ0v) is 10.8. The number of nitrogens with zero attached hydrogens (tertiary/aromatic N) is 2. The molecule has 0 fully saturated rings. The largest absolute Gasteiger partial charge is 0.399 e. The van der Waals surface area contributed by atoms with E-state index in [0.29, 0.717) is 16.9 Å². The molecular weight excluding hydrogens is 248 g/mol. The highest BCUT2D eigenvalue weighted by Gasteiger charge is 2.26. The van der Waals surface area contributed by atoms with Crippen LogP contribution in [0.25, 0.3) is 11.3 Å². The van der Waals surface area contributed by atoms with Crippen LogP contribution in [0.4, 0.5) is 14.5 Å². The summed E-state index contributed by atoms with van der Waals surface area (Å²) in [6.45, 7) is 4.79. The normalized spacial score (nSPS) is 14.1. The molecule has 1 atom stereocenters. The molecule has 0 aliphatic carbocycles. The van der Waals surface area contributed by atoms with Gasteiger partial charge in [-0.3, -0.25) is 4.68 Å². The minimum Gasteiger partial charge on any atom is -0.399 e. The number of allylic oxidation sites excluding steroid dienone is 1. The molecule has 0 saturated carbocycles. The lowest BCUT2D eigenvalue weighted by atomic mass is 10.0. The van der Waals surface area contributed by atoms with Crippen molar-refractivity contribution in [1.82, 2.24) is 9.78 Å². The molecule has 1 unspecified atom stereocenters. The topological polar surface area (TPSA) is 43.8 Å². The minimum atomic E-state index is -1.75. The zero-order valence-electron chi connectivity index (χ0n) is 10.8. The van der Waals surface area contributed by atoms with Crippen molar-refractivity contribution in [3.8, 4) is 11.3 Å². The molecule has 0 aliphatic rings. The van der Waals surface area contributed by atoms with Gasteiger partial charge in [-0.2, -0.15) is 5.10 Å². The maximum absolute atomic E-state index is 14.1.